The van der Waals surface area contributed by atoms with Crippen LogP contribution in [0, 0.1) is 0 Å². The fourth-order valence-corrected chi connectivity index (χ4v) is 3.44. The lowest BCUT2D eigenvalue weighted by molar-refractivity contribution is 0.0734. The Morgan fingerprint density at radius 3 is 2.46 bits per heavy atom. The quantitative estimate of drug-likeness (QED) is 0.662. The molecule has 4 heteroatoms. The molecule has 0 aliphatic carbocycles. The largest absolute Gasteiger partial charge is 0.497 e. The molecule has 1 aliphatic rings. The van der Waals surface area contributed by atoms with Crippen molar-refractivity contribution in [2.75, 3.05) is 13.7 Å². The summed E-state index contributed by atoms with van der Waals surface area (Å²) < 4.78 is 11.1. The topological polar surface area (TPSA) is 38.8 Å². The molecule has 0 aromatic heterocycles. The Morgan fingerprint density at radius 1 is 0.929 bits per heavy atom. The van der Waals surface area contributed by atoms with Gasteiger partial charge in [0.25, 0.3) is 5.91 Å². The van der Waals surface area contributed by atoms with Crippen molar-refractivity contribution < 1.29 is 14.3 Å². The second-order valence-electron chi connectivity index (χ2n) is 6.91. The molecule has 0 radical (unpaired) electrons. The first-order valence-electron chi connectivity index (χ1n) is 9.45. The first-order valence-corrected chi connectivity index (χ1v) is 9.45. The number of fused-ring (bicyclic) bond motifs is 1. The number of rotatable bonds is 5. The van der Waals surface area contributed by atoms with Gasteiger partial charge in [-0.25, -0.2) is 0 Å². The van der Waals surface area contributed by atoms with Crippen molar-refractivity contribution in [1.29, 1.82) is 0 Å². The third kappa shape index (κ3) is 4.01. The van der Waals surface area contributed by atoms with Crippen molar-refractivity contribution in [3.8, 4) is 11.5 Å². The van der Waals surface area contributed by atoms with E-state index in [4.69, 9.17) is 9.47 Å². The normalized spacial score (nSPS) is 13.0. The van der Waals surface area contributed by atoms with E-state index in [9.17, 15) is 4.79 Å². The maximum atomic E-state index is 12.9. The van der Waals surface area contributed by atoms with Crippen molar-refractivity contribution >= 4 is 5.91 Å². The highest BCUT2D eigenvalue weighted by Gasteiger charge is 2.22. The minimum Gasteiger partial charge on any atom is -0.497 e. The molecule has 142 valence electrons. The first-order chi connectivity index (χ1) is 13.7. The Bertz CT molecular complexity index is 951. The molecule has 0 atom stereocenters. The third-order valence-corrected chi connectivity index (χ3v) is 5.06. The van der Waals surface area contributed by atoms with Crippen LogP contribution in [0.4, 0.5) is 0 Å². The number of carbonyl (C=O) groups excluding carboxylic acids is 1. The predicted molar refractivity (Wildman–Crippen MR) is 109 cm³/mol. The van der Waals surface area contributed by atoms with Crippen LogP contribution >= 0.6 is 0 Å². The summed E-state index contributed by atoms with van der Waals surface area (Å²) in [7, 11) is 1.66. The van der Waals surface area contributed by atoms with Gasteiger partial charge in [0.1, 0.15) is 18.1 Å². The minimum atomic E-state index is 0.0593. The van der Waals surface area contributed by atoms with Crippen LogP contribution in [0.15, 0.2) is 72.8 Å². The summed E-state index contributed by atoms with van der Waals surface area (Å²) in [6.45, 7) is 1.83. The van der Waals surface area contributed by atoms with Crippen molar-refractivity contribution in [2.45, 2.75) is 19.6 Å². The van der Waals surface area contributed by atoms with E-state index in [0.717, 1.165) is 35.6 Å². The number of amides is 1. The van der Waals surface area contributed by atoms with Gasteiger partial charge >= 0.3 is 0 Å². The maximum absolute atomic E-state index is 12.9. The number of carbonyl (C=O) groups is 1. The van der Waals surface area contributed by atoms with Crippen LogP contribution in [0.5, 0.6) is 11.5 Å². The van der Waals surface area contributed by atoms with Crippen LogP contribution in [0.1, 0.15) is 27.0 Å². The summed E-state index contributed by atoms with van der Waals surface area (Å²) >= 11 is 0. The number of nitrogens with zero attached hydrogens (tertiary/aromatic N) is 1. The van der Waals surface area contributed by atoms with Gasteiger partial charge in [0.05, 0.1) is 7.11 Å². The smallest absolute Gasteiger partial charge is 0.254 e. The van der Waals surface area contributed by atoms with Crippen LogP contribution < -0.4 is 9.47 Å². The Labute approximate surface area is 165 Å². The lowest BCUT2D eigenvalue weighted by Crippen LogP contribution is -2.35. The molecule has 3 aromatic rings. The van der Waals surface area contributed by atoms with Crippen LogP contribution in [0.25, 0.3) is 0 Å². The predicted octanol–water partition coefficient (Wildman–Crippen LogP) is 4.47. The van der Waals surface area contributed by atoms with Gasteiger partial charge in [-0.15, -0.1) is 0 Å². The van der Waals surface area contributed by atoms with Gasteiger partial charge in [-0.2, -0.15) is 0 Å². The Hall–Kier alpha value is -3.27. The Balaban J connectivity index is 1.40. The van der Waals surface area contributed by atoms with Gasteiger partial charge in [0.15, 0.2) is 0 Å². The van der Waals surface area contributed by atoms with Gasteiger partial charge in [-0.05, 0) is 59.5 Å². The van der Waals surface area contributed by atoms with E-state index in [1.807, 2.05) is 71.6 Å². The zero-order valence-electron chi connectivity index (χ0n) is 15.9. The van der Waals surface area contributed by atoms with Gasteiger partial charge < -0.3 is 14.4 Å². The fraction of sp³-hybridized carbons (Fsp3) is 0.208. The van der Waals surface area contributed by atoms with Crippen molar-refractivity contribution in [3.05, 3.63) is 95.1 Å². The number of methoxy groups -OCH3 is 1. The highest BCUT2D eigenvalue weighted by Crippen LogP contribution is 2.25. The lowest BCUT2D eigenvalue weighted by atomic mass is 9.98. The van der Waals surface area contributed by atoms with Crippen molar-refractivity contribution in [1.82, 2.24) is 4.90 Å². The third-order valence-electron chi connectivity index (χ3n) is 5.06. The van der Waals surface area contributed by atoms with Gasteiger partial charge in [0, 0.05) is 18.7 Å². The van der Waals surface area contributed by atoms with Gasteiger partial charge in [0.2, 0.25) is 0 Å². The molecule has 4 nitrogen and oxygen atoms in total. The lowest BCUT2D eigenvalue weighted by Gasteiger charge is -2.29. The van der Waals surface area contributed by atoms with E-state index in [1.54, 1.807) is 7.11 Å². The van der Waals surface area contributed by atoms with Crippen LogP contribution in [0.3, 0.4) is 0 Å². The van der Waals surface area contributed by atoms with Crippen LogP contribution in [-0.4, -0.2) is 24.5 Å². The molecule has 1 heterocycles. The Kier molecular flexibility index (Phi) is 5.29. The summed E-state index contributed by atoms with van der Waals surface area (Å²) in [6.07, 6.45) is 0.869. The molecular formula is C24H23NO3. The molecule has 1 amide bonds. The summed E-state index contributed by atoms with van der Waals surface area (Å²) in [5, 5.41) is 0. The summed E-state index contributed by atoms with van der Waals surface area (Å²) in [4.78, 5) is 14.8. The highest BCUT2D eigenvalue weighted by atomic mass is 16.5. The van der Waals surface area contributed by atoms with E-state index in [0.29, 0.717) is 18.7 Å². The monoisotopic (exact) mass is 373 g/mol. The molecule has 3 aromatic carbocycles. The number of ether oxygens (including phenoxy) is 2. The highest BCUT2D eigenvalue weighted by molar-refractivity contribution is 5.94. The molecule has 0 unspecified atom stereocenters. The molecule has 0 saturated carbocycles. The SMILES string of the molecule is COc1ccc2c(c1)CN(C(=O)c1ccc(COc3ccccc3)cc1)CC2. The first kappa shape index (κ1) is 18.1. The zero-order chi connectivity index (χ0) is 19.3. The molecule has 0 saturated heterocycles. The molecule has 4 rings (SSSR count). The number of hydrogen-bond donors (Lipinski definition) is 0. The maximum Gasteiger partial charge on any atom is 0.254 e. The van der Waals surface area contributed by atoms with E-state index < -0.39 is 0 Å². The van der Waals surface area contributed by atoms with Gasteiger partial charge in [-0.1, -0.05) is 36.4 Å². The van der Waals surface area contributed by atoms with Crippen LogP contribution in [-0.2, 0) is 19.6 Å². The van der Waals surface area contributed by atoms with E-state index in [1.165, 1.54) is 5.56 Å². The average Bonchev–Trinajstić information content (AvgIpc) is 2.77. The van der Waals surface area contributed by atoms with Crippen LogP contribution in [0.2, 0.25) is 0 Å². The number of hydrogen-bond acceptors (Lipinski definition) is 3. The summed E-state index contributed by atoms with van der Waals surface area (Å²) in [6, 6.07) is 23.5. The zero-order valence-corrected chi connectivity index (χ0v) is 15.9. The molecule has 0 bridgehead atoms. The molecule has 28 heavy (non-hydrogen) atoms. The minimum absolute atomic E-state index is 0.0593. The second kappa shape index (κ2) is 8.17. The average molecular weight is 373 g/mol. The number of para-hydroxylation sites is 1. The van der Waals surface area contributed by atoms with E-state index in [2.05, 4.69) is 6.07 Å². The molecule has 1 aliphatic heterocycles. The fourth-order valence-electron chi connectivity index (χ4n) is 3.44. The molecule has 0 spiro atoms. The van der Waals surface area contributed by atoms with E-state index in [-0.39, 0.29) is 5.91 Å². The number of benzene rings is 3. The summed E-state index contributed by atoms with van der Waals surface area (Å²) in [5.41, 5.74) is 4.19. The molecular weight excluding hydrogens is 350 g/mol. The standard InChI is InChI=1S/C24H23NO3/c1-27-23-12-11-19-13-14-25(16-21(19)15-23)24(26)20-9-7-18(8-10-20)17-28-22-5-3-2-4-6-22/h2-12,15H,13-14,16-17H2,1H3. The summed E-state index contributed by atoms with van der Waals surface area (Å²) in [5.74, 6) is 1.73. The van der Waals surface area contributed by atoms with Crippen molar-refractivity contribution in [2.24, 2.45) is 0 Å². The second-order valence-corrected chi connectivity index (χ2v) is 6.91. The molecule has 0 fully saturated rings. The van der Waals surface area contributed by atoms with Crippen molar-refractivity contribution in [3.63, 3.8) is 0 Å². The van der Waals surface area contributed by atoms with Gasteiger partial charge in [-0.3, -0.25) is 4.79 Å². The Morgan fingerprint density at radius 2 is 1.71 bits per heavy atom. The molecule has 0 N–H and O–H groups in total. The van der Waals surface area contributed by atoms with E-state index >= 15 is 0 Å².